The van der Waals surface area contributed by atoms with E-state index in [9.17, 15) is 4.79 Å². The number of nitrogens with one attached hydrogen (secondary N) is 2. The van der Waals surface area contributed by atoms with Crippen LogP contribution in [0, 0.1) is 5.41 Å². The zero-order chi connectivity index (χ0) is 13.0. The molecule has 1 amide bonds. The van der Waals surface area contributed by atoms with Crippen molar-refractivity contribution < 1.29 is 4.79 Å². The van der Waals surface area contributed by atoms with E-state index < -0.39 is 0 Å². The second-order valence-corrected chi connectivity index (χ2v) is 5.21. The second kappa shape index (κ2) is 5.48. The van der Waals surface area contributed by atoms with E-state index >= 15 is 0 Å². The van der Waals surface area contributed by atoms with Gasteiger partial charge in [-0.1, -0.05) is 6.42 Å². The van der Waals surface area contributed by atoms with Crippen molar-refractivity contribution in [1.82, 2.24) is 20.5 Å². The number of aryl methyl sites for hydroxylation is 1. The van der Waals surface area contributed by atoms with Gasteiger partial charge in [-0.15, -0.1) is 0 Å². The van der Waals surface area contributed by atoms with Crippen molar-refractivity contribution in [3.05, 3.63) is 12.2 Å². The van der Waals surface area contributed by atoms with Gasteiger partial charge in [0.1, 0.15) is 12.2 Å². The number of nitrogens with two attached hydrogens (primary N) is 1. The highest BCUT2D eigenvalue weighted by Gasteiger charge is 2.42. The summed E-state index contributed by atoms with van der Waals surface area (Å²) in [4.78, 5) is 16.1. The van der Waals surface area contributed by atoms with E-state index in [1.54, 1.807) is 0 Å². The van der Waals surface area contributed by atoms with Crippen LogP contribution >= 0.6 is 0 Å². The summed E-state index contributed by atoms with van der Waals surface area (Å²) in [7, 11) is 0. The van der Waals surface area contributed by atoms with Crippen molar-refractivity contribution in [2.45, 2.75) is 45.1 Å². The number of H-pyrrole nitrogens is 1. The molecule has 6 heteroatoms. The van der Waals surface area contributed by atoms with Gasteiger partial charge in [0.15, 0.2) is 0 Å². The molecular weight excluding hydrogens is 230 g/mol. The molecule has 1 heterocycles. The van der Waals surface area contributed by atoms with Gasteiger partial charge in [-0.3, -0.25) is 9.89 Å². The van der Waals surface area contributed by atoms with Crippen LogP contribution in [0.4, 0.5) is 0 Å². The van der Waals surface area contributed by atoms with Crippen molar-refractivity contribution in [3.63, 3.8) is 0 Å². The standard InChI is InChI=1S/C12H21N5O/c1-12(6-2-4-9(12)13)11(18)14-7-3-5-10-15-8-16-17-10/h8-9H,2-7,13H2,1H3,(H,14,18)(H,15,16,17). The predicted molar refractivity (Wildman–Crippen MR) is 67.6 cm³/mol. The van der Waals surface area contributed by atoms with Gasteiger partial charge in [-0.05, 0) is 26.2 Å². The zero-order valence-electron chi connectivity index (χ0n) is 10.8. The molecule has 2 rings (SSSR count). The molecule has 1 aromatic rings. The number of nitrogens with zero attached hydrogens (tertiary/aromatic N) is 2. The van der Waals surface area contributed by atoms with Crippen LogP contribution in [0.1, 0.15) is 38.4 Å². The van der Waals surface area contributed by atoms with E-state index in [1.807, 2.05) is 6.92 Å². The fraction of sp³-hybridized carbons (Fsp3) is 0.750. The third kappa shape index (κ3) is 2.69. The average Bonchev–Trinajstić information content (AvgIpc) is 2.97. The molecule has 18 heavy (non-hydrogen) atoms. The molecular formula is C12H21N5O. The number of carbonyl (C=O) groups is 1. The lowest BCUT2D eigenvalue weighted by atomic mass is 9.84. The predicted octanol–water partition coefficient (Wildman–Crippen LogP) is 0.371. The number of aromatic amines is 1. The molecule has 2 unspecified atom stereocenters. The molecule has 1 aliphatic rings. The number of hydrogen-bond acceptors (Lipinski definition) is 4. The molecule has 4 N–H and O–H groups in total. The van der Waals surface area contributed by atoms with Gasteiger partial charge in [0, 0.05) is 19.0 Å². The molecule has 100 valence electrons. The van der Waals surface area contributed by atoms with Crippen LogP contribution in [0.2, 0.25) is 0 Å². The number of carbonyl (C=O) groups excluding carboxylic acids is 1. The van der Waals surface area contributed by atoms with Crippen molar-refractivity contribution in [3.8, 4) is 0 Å². The molecule has 0 aromatic carbocycles. The van der Waals surface area contributed by atoms with Crippen LogP contribution in [-0.4, -0.2) is 33.7 Å². The molecule has 1 saturated carbocycles. The van der Waals surface area contributed by atoms with Crippen LogP contribution in [0.5, 0.6) is 0 Å². The summed E-state index contributed by atoms with van der Waals surface area (Å²) in [5.41, 5.74) is 5.63. The molecule has 2 atom stereocenters. The Balaban J connectivity index is 1.72. The maximum absolute atomic E-state index is 12.1. The van der Waals surface area contributed by atoms with Crippen molar-refractivity contribution in [2.75, 3.05) is 6.54 Å². The number of aromatic nitrogens is 3. The lowest BCUT2D eigenvalue weighted by molar-refractivity contribution is -0.130. The van der Waals surface area contributed by atoms with Gasteiger partial charge >= 0.3 is 0 Å². The molecule has 1 fully saturated rings. The normalized spacial score (nSPS) is 27.3. The fourth-order valence-electron chi connectivity index (χ4n) is 2.49. The molecule has 0 saturated heterocycles. The summed E-state index contributed by atoms with van der Waals surface area (Å²) in [6, 6.07) is -0.00762. The number of hydrogen-bond donors (Lipinski definition) is 3. The lowest BCUT2D eigenvalue weighted by Gasteiger charge is -2.27. The summed E-state index contributed by atoms with van der Waals surface area (Å²) < 4.78 is 0. The highest BCUT2D eigenvalue weighted by molar-refractivity contribution is 5.83. The fourth-order valence-corrected chi connectivity index (χ4v) is 2.49. The van der Waals surface area contributed by atoms with E-state index in [0.717, 1.165) is 37.9 Å². The molecule has 0 spiro atoms. The highest BCUT2D eigenvalue weighted by Crippen LogP contribution is 2.36. The molecule has 0 aliphatic heterocycles. The smallest absolute Gasteiger partial charge is 0.227 e. The second-order valence-electron chi connectivity index (χ2n) is 5.21. The Hall–Kier alpha value is -1.43. The van der Waals surface area contributed by atoms with Crippen molar-refractivity contribution >= 4 is 5.91 Å². The van der Waals surface area contributed by atoms with Crippen LogP contribution in [-0.2, 0) is 11.2 Å². The van der Waals surface area contributed by atoms with E-state index in [-0.39, 0.29) is 17.4 Å². The maximum atomic E-state index is 12.1. The van der Waals surface area contributed by atoms with Crippen molar-refractivity contribution in [2.24, 2.45) is 11.1 Å². The Morgan fingerprint density at radius 3 is 3.17 bits per heavy atom. The Morgan fingerprint density at radius 1 is 1.72 bits per heavy atom. The van der Waals surface area contributed by atoms with Crippen LogP contribution in [0.3, 0.4) is 0 Å². The number of amides is 1. The summed E-state index contributed by atoms with van der Waals surface area (Å²) in [5.74, 6) is 0.943. The van der Waals surface area contributed by atoms with Crippen LogP contribution in [0.25, 0.3) is 0 Å². The zero-order valence-corrected chi connectivity index (χ0v) is 10.8. The van der Waals surface area contributed by atoms with Crippen molar-refractivity contribution in [1.29, 1.82) is 0 Å². The first-order valence-electron chi connectivity index (χ1n) is 6.51. The highest BCUT2D eigenvalue weighted by atomic mass is 16.2. The van der Waals surface area contributed by atoms with E-state index in [4.69, 9.17) is 5.73 Å². The first-order chi connectivity index (χ1) is 8.63. The van der Waals surface area contributed by atoms with Crippen LogP contribution < -0.4 is 11.1 Å². The third-order valence-corrected chi connectivity index (χ3v) is 3.89. The molecule has 0 bridgehead atoms. The lowest BCUT2D eigenvalue weighted by Crippen LogP contribution is -2.47. The first-order valence-corrected chi connectivity index (χ1v) is 6.51. The minimum atomic E-state index is -0.383. The van der Waals surface area contributed by atoms with Crippen LogP contribution in [0.15, 0.2) is 6.33 Å². The summed E-state index contributed by atoms with van der Waals surface area (Å²) in [5, 5.41) is 9.56. The molecule has 1 aromatic heterocycles. The average molecular weight is 251 g/mol. The molecule has 6 nitrogen and oxygen atoms in total. The van der Waals surface area contributed by atoms with Gasteiger partial charge in [0.25, 0.3) is 0 Å². The minimum absolute atomic E-state index is 0.00762. The van der Waals surface area contributed by atoms with E-state index in [2.05, 4.69) is 20.5 Å². The van der Waals surface area contributed by atoms with Gasteiger partial charge in [0.05, 0.1) is 5.41 Å². The Morgan fingerprint density at radius 2 is 2.56 bits per heavy atom. The summed E-state index contributed by atoms with van der Waals surface area (Å²) >= 11 is 0. The first kappa shape index (κ1) is 13.0. The van der Waals surface area contributed by atoms with Gasteiger partial charge in [-0.2, -0.15) is 5.10 Å². The maximum Gasteiger partial charge on any atom is 0.227 e. The van der Waals surface area contributed by atoms with E-state index in [0.29, 0.717) is 6.54 Å². The Kier molecular flexibility index (Phi) is 3.96. The largest absolute Gasteiger partial charge is 0.356 e. The molecule has 0 radical (unpaired) electrons. The SMILES string of the molecule is CC1(C(=O)NCCCc2ncn[nH]2)CCCC1N. The topological polar surface area (TPSA) is 96.7 Å². The van der Waals surface area contributed by atoms with Gasteiger partial charge in [-0.25, -0.2) is 4.98 Å². The summed E-state index contributed by atoms with van der Waals surface area (Å²) in [6.45, 7) is 2.62. The minimum Gasteiger partial charge on any atom is -0.356 e. The number of rotatable bonds is 5. The molecule has 1 aliphatic carbocycles. The third-order valence-electron chi connectivity index (χ3n) is 3.89. The quantitative estimate of drug-likeness (QED) is 0.659. The summed E-state index contributed by atoms with van der Waals surface area (Å²) in [6.07, 6.45) is 6.02. The van der Waals surface area contributed by atoms with Gasteiger partial charge in [0.2, 0.25) is 5.91 Å². The monoisotopic (exact) mass is 251 g/mol. The Bertz CT molecular complexity index is 391. The van der Waals surface area contributed by atoms with Gasteiger partial charge < -0.3 is 11.1 Å². The Labute approximate surface area is 107 Å². The van der Waals surface area contributed by atoms with E-state index in [1.165, 1.54) is 6.33 Å².